The molecule has 13 heavy (non-hydrogen) atoms. The average molecular weight is 183 g/mol. The summed E-state index contributed by atoms with van der Waals surface area (Å²) in [5.74, 6) is -0.309. The van der Waals surface area contributed by atoms with Crippen molar-refractivity contribution in [3.63, 3.8) is 0 Å². The molecule has 0 N–H and O–H groups in total. The smallest absolute Gasteiger partial charge is 0.340 e. The Morgan fingerprint density at radius 3 is 2.77 bits per heavy atom. The number of ether oxygens (including phenoxy) is 1. The molecule has 0 spiro atoms. The highest BCUT2D eigenvalue weighted by atomic mass is 16.6. The molecule has 4 heteroatoms. The molecule has 1 aromatic heterocycles. The highest BCUT2D eigenvalue weighted by Crippen LogP contribution is 2.09. The zero-order valence-electron chi connectivity index (χ0n) is 8.03. The third-order valence-corrected chi connectivity index (χ3v) is 1.79. The van der Waals surface area contributed by atoms with Crippen molar-refractivity contribution >= 4 is 5.97 Å². The molecule has 0 amide bonds. The van der Waals surface area contributed by atoms with E-state index in [1.165, 1.54) is 4.73 Å². The fourth-order valence-electron chi connectivity index (χ4n) is 1.12. The second kappa shape index (κ2) is 3.98. The summed E-state index contributed by atoms with van der Waals surface area (Å²) in [5, 5.41) is 0. The van der Waals surface area contributed by atoms with Crippen LogP contribution >= 0.6 is 0 Å². The van der Waals surface area contributed by atoms with Crippen LogP contribution in [0, 0.1) is 6.92 Å². The molecule has 0 aliphatic carbocycles. The molecule has 72 valence electrons. The minimum Gasteiger partial charge on any atom is -0.462 e. The van der Waals surface area contributed by atoms with Crippen molar-refractivity contribution in [2.75, 3.05) is 13.7 Å². The molecule has 1 heterocycles. The molecule has 0 unspecified atom stereocenters. The summed E-state index contributed by atoms with van der Waals surface area (Å²) in [6.07, 6.45) is 1.68. The van der Waals surface area contributed by atoms with Gasteiger partial charge in [-0.25, -0.2) is 4.79 Å². The number of hydrogen-bond donors (Lipinski definition) is 0. The quantitative estimate of drug-likeness (QED) is 0.657. The summed E-state index contributed by atoms with van der Waals surface area (Å²) in [6.45, 7) is 3.97. The van der Waals surface area contributed by atoms with Gasteiger partial charge in [0.1, 0.15) is 7.11 Å². The Bertz CT molecular complexity index is 304. The predicted octanol–water partition coefficient (Wildman–Crippen LogP) is 1.03. The first-order valence-corrected chi connectivity index (χ1v) is 4.10. The van der Waals surface area contributed by atoms with Gasteiger partial charge in [-0.1, -0.05) is 0 Å². The zero-order chi connectivity index (χ0) is 9.84. The Kier molecular flexibility index (Phi) is 2.95. The summed E-state index contributed by atoms with van der Waals surface area (Å²) in [5.41, 5.74) is 1.30. The van der Waals surface area contributed by atoms with Crippen LogP contribution in [0.1, 0.15) is 23.0 Å². The van der Waals surface area contributed by atoms with Gasteiger partial charge in [-0.05, 0) is 19.9 Å². The third kappa shape index (κ3) is 1.83. The highest BCUT2D eigenvalue weighted by molar-refractivity contribution is 5.90. The maximum atomic E-state index is 11.3. The van der Waals surface area contributed by atoms with Crippen LogP contribution in [0.25, 0.3) is 0 Å². The van der Waals surface area contributed by atoms with Crippen molar-refractivity contribution in [2.24, 2.45) is 0 Å². The van der Waals surface area contributed by atoms with Gasteiger partial charge < -0.3 is 9.57 Å². The summed E-state index contributed by atoms with van der Waals surface area (Å²) in [4.78, 5) is 16.3. The van der Waals surface area contributed by atoms with E-state index < -0.39 is 0 Å². The van der Waals surface area contributed by atoms with E-state index in [9.17, 15) is 4.79 Å². The number of aromatic nitrogens is 1. The Hall–Kier alpha value is -1.45. The van der Waals surface area contributed by atoms with E-state index in [4.69, 9.17) is 9.57 Å². The lowest BCUT2D eigenvalue weighted by Gasteiger charge is -2.04. The molecule has 0 saturated carbocycles. The number of hydrogen-bond acceptors (Lipinski definition) is 3. The highest BCUT2D eigenvalue weighted by Gasteiger charge is 2.13. The number of carbonyl (C=O) groups excluding carboxylic acids is 1. The number of carbonyl (C=O) groups is 1. The van der Waals surface area contributed by atoms with Crippen LogP contribution in [0.3, 0.4) is 0 Å². The van der Waals surface area contributed by atoms with E-state index in [-0.39, 0.29) is 5.97 Å². The van der Waals surface area contributed by atoms with Gasteiger partial charge in [-0.15, -0.1) is 0 Å². The van der Waals surface area contributed by atoms with Gasteiger partial charge in [-0.2, -0.15) is 4.73 Å². The Balaban J connectivity index is 2.89. The monoisotopic (exact) mass is 183 g/mol. The van der Waals surface area contributed by atoms with Crippen LogP contribution in [0.5, 0.6) is 0 Å². The van der Waals surface area contributed by atoms with E-state index in [1.54, 1.807) is 33.2 Å². The van der Waals surface area contributed by atoms with Gasteiger partial charge in [0.05, 0.1) is 17.9 Å². The van der Waals surface area contributed by atoms with Crippen LogP contribution in [0.2, 0.25) is 0 Å². The first-order chi connectivity index (χ1) is 6.20. The summed E-state index contributed by atoms with van der Waals surface area (Å²) in [6, 6.07) is 1.68. The first kappa shape index (κ1) is 9.64. The summed E-state index contributed by atoms with van der Waals surface area (Å²) < 4.78 is 6.38. The van der Waals surface area contributed by atoms with Crippen molar-refractivity contribution in [3.05, 3.63) is 23.5 Å². The number of esters is 1. The van der Waals surface area contributed by atoms with Crippen molar-refractivity contribution in [2.45, 2.75) is 13.8 Å². The molecular formula is C9H13NO3. The fourth-order valence-corrected chi connectivity index (χ4v) is 1.12. The molecule has 4 nitrogen and oxygen atoms in total. The lowest BCUT2D eigenvalue weighted by molar-refractivity contribution is 0.0523. The predicted molar refractivity (Wildman–Crippen MR) is 47.6 cm³/mol. The second-order valence-corrected chi connectivity index (χ2v) is 2.54. The standard InChI is InChI=1S/C9H13NO3/c1-4-13-9(11)8-5-6-10(12-3)7(8)2/h5-6H,4H2,1-3H3. The summed E-state index contributed by atoms with van der Waals surface area (Å²) in [7, 11) is 1.54. The molecule has 0 aliphatic rings. The molecular weight excluding hydrogens is 170 g/mol. The Morgan fingerprint density at radius 2 is 2.31 bits per heavy atom. The zero-order valence-corrected chi connectivity index (χ0v) is 8.03. The van der Waals surface area contributed by atoms with Crippen molar-refractivity contribution in [1.82, 2.24) is 4.73 Å². The van der Waals surface area contributed by atoms with E-state index >= 15 is 0 Å². The topological polar surface area (TPSA) is 40.5 Å². The van der Waals surface area contributed by atoms with Crippen LogP contribution < -0.4 is 4.84 Å². The maximum Gasteiger partial charge on any atom is 0.340 e. The molecule has 0 fully saturated rings. The Labute approximate surface area is 77.0 Å². The van der Waals surface area contributed by atoms with E-state index in [0.29, 0.717) is 12.2 Å². The van der Waals surface area contributed by atoms with Crippen LogP contribution in [-0.4, -0.2) is 24.4 Å². The SMILES string of the molecule is CCOC(=O)c1ccn(OC)c1C. The molecule has 0 aliphatic heterocycles. The molecule has 0 atom stereocenters. The van der Waals surface area contributed by atoms with Gasteiger partial charge in [0, 0.05) is 6.20 Å². The molecule has 0 saturated heterocycles. The molecule has 1 rings (SSSR count). The van der Waals surface area contributed by atoms with Crippen LogP contribution in [-0.2, 0) is 4.74 Å². The third-order valence-electron chi connectivity index (χ3n) is 1.79. The maximum absolute atomic E-state index is 11.3. The van der Waals surface area contributed by atoms with Crippen molar-refractivity contribution in [1.29, 1.82) is 0 Å². The second-order valence-electron chi connectivity index (χ2n) is 2.54. The average Bonchev–Trinajstić information content (AvgIpc) is 2.47. The largest absolute Gasteiger partial charge is 0.462 e. The van der Waals surface area contributed by atoms with Crippen LogP contribution in [0.15, 0.2) is 12.3 Å². The van der Waals surface area contributed by atoms with E-state index in [2.05, 4.69) is 0 Å². The van der Waals surface area contributed by atoms with Gasteiger partial charge >= 0.3 is 5.97 Å². The van der Waals surface area contributed by atoms with Crippen molar-refractivity contribution in [3.8, 4) is 0 Å². The number of rotatable bonds is 3. The van der Waals surface area contributed by atoms with Gasteiger partial charge in [0.25, 0.3) is 0 Å². The van der Waals surface area contributed by atoms with Gasteiger partial charge in [-0.3, -0.25) is 0 Å². The molecule has 0 bridgehead atoms. The minimum atomic E-state index is -0.309. The fraction of sp³-hybridized carbons (Fsp3) is 0.444. The normalized spacial score (nSPS) is 9.77. The summed E-state index contributed by atoms with van der Waals surface area (Å²) >= 11 is 0. The van der Waals surface area contributed by atoms with Gasteiger partial charge in [0.15, 0.2) is 0 Å². The lowest BCUT2D eigenvalue weighted by atomic mass is 10.2. The minimum absolute atomic E-state index is 0.309. The molecule has 0 aromatic carbocycles. The van der Waals surface area contributed by atoms with Gasteiger partial charge in [0.2, 0.25) is 0 Å². The lowest BCUT2D eigenvalue weighted by Crippen LogP contribution is -2.10. The number of nitrogens with zero attached hydrogens (tertiary/aromatic N) is 1. The van der Waals surface area contributed by atoms with E-state index in [0.717, 1.165) is 5.69 Å². The first-order valence-electron chi connectivity index (χ1n) is 4.10. The van der Waals surface area contributed by atoms with E-state index in [1.807, 2.05) is 0 Å². The molecule has 0 radical (unpaired) electrons. The van der Waals surface area contributed by atoms with Crippen LogP contribution in [0.4, 0.5) is 0 Å². The molecule has 1 aromatic rings. The Morgan fingerprint density at radius 1 is 1.62 bits per heavy atom. The van der Waals surface area contributed by atoms with Crippen molar-refractivity contribution < 1.29 is 14.4 Å².